The van der Waals surface area contributed by atoms with Crippen molar-refractivity contribution in [2.24, 2.45) is 0 Å². The Bertz CT molecular complexity index is 821. The number of nitrogens with zero attached hydrogens (tertiary/aromatic N) is 3. The molecular formula is C20H22N4O. The van der Waals surface area contributed by atoms with Crippen LogP contribution in [0.2, 0.25) is 0 Å². The van der Waals surface area contributed by atoms with Crippen LogP contribution >= 0.6 is 0 Å². The highest BCUT2D eigenvalue weighted by molar-refractivity contribution is 5.65. The molecule has 5 nitrogen and oxygen atoms in total. The SMILES string of the molecule is CC(C)Oc1ccccc1Nc1ccnc(N(C)c2ccccc2)n1. The molecular weight excluding hydrogens is 312 g/mol. The largest absolute Gasteiger partial charge is 0.489 e. The van der Waals surface area contributed by atoms with Gasteiger partial charge in [0.25, 0.3) is 0 Å². The number of aromatic nitrogens is 2. The maximum atomic E-state index is 5.85. The van der Waals surface area contributed by atoms with Gasteiger partial charge in [-0.1, -0.05) is 30.3 Å². The quantitative estimate of drug-likeness (QED) is 0.703. The number of hydrogen-bond donors (Lipinski definition) is 1. The molecule has 3 aromatic rings. The maximum absolute atomic E-state index is 5.85. The summed E-state index contributed by atoms with van der Waals surface area (Å²) in [5.74, 6) is 2.14. The molecule has 0 fully saturated rings. The highest BCUT2D eigenvalue weighted by Gasteiger charge is 2.09. The first kappa shape index (κ1) is 16.8. The number of nitrogens with one attached hydrogen (secondary N) is 1. The zero-order valence-electron chi connectivity index (χ0n) is 14.7. The van der Waals surface area contributed by atoms with Gasteiger partial charge in [-0.15, -0.1) is 0 Å². The number of benzene rings is 2. The van der Waals surface area contributed by atoms with Crippen molar-refractivity contribution in [1.82, 2.24) is 9.97 Å². The molecule has 0 radical (unpaired) electrons. The summed E-state index contributed by atoms with van der Waals surface area (Å²) in [7, 11) is 1.95. The predicted octanol–water partition coefficient (Wildman–Crippen LogP) is 4.78. The molecule has 0 spiro atoms. The molecule has 0 bridgehead atoms. The molecule has 0 saturated heterocycles. The van der Waals surface area contributed by atoms with Crippen molar-refractivity contribution in [2.75, 3.05) is 17.3 Å². The second-order valence-corrected chi connectivity index (χ2v) is 5.92. The summed E-state index contributed by atoms with van der Waals surface area (Å²) in [5, 5.41) is 3.32. The van der Waals surface area contributed by atoms with E-state index in [-0.39, 0.29) is 6.10 Å². The first-order chi connectivity index (χ1) is 12.1. The van der Waals surface area contributed by atoms with Crippen LogP contribution in [0.4, 0.5) is 23.1 Å². The Kier molecular flexibility index (Phi) is 5.14. The summed E-state index contributed by atoms with van der Waals surface area (Å²) >= 11 is 0. The summed E-state index contributed by atoms with van der Waals surface area (Å²) in [5.41, 5.74) is 1.91. The number of para-hydroxylation sites is 3. The molecule has 0 unspecified atom stereocenters. The molecule has 0 amide bonds. The fourth-order valence-corrected chi connectivity index (χ4v) is 2.41. The van der Waals surface area contributed by atoms with Gasteiger partial charge in [0, 0.05) is 18.9 Å². The van der Waals surface area contributed by atoms with Gasteiger partial charge in [-0.25, -0.2) is 4.98 Å². The zero-order valence-corrected chi connectivity index (χ0v) is 14.7. The minimum atomic E-state index is 0.105. The molecule has 5 heteroatoms. The third-order valence-corrected chi connectivity index (χ3v) is 3.60. The molecule has 0 saturated carbocycles. The van der Waals surface area contributed by atoms with Crippen LogP contribution in [0.25, 0.3) is 0 Å². The lowest BCUT2D eigenvalue weighted by Gasteiger charge is -2.18. The van der Waals surface area contributed by atoms with Gasteiger partial charge in [0.05, 0.1) is 11.8 Å². The van der Waals surface area contributed by atoms with E-state index >= 15 is 0 Å². The Morgan fingerprint density at radius 2 is 1.68 bits per heavy atom. The molecule has 2 aromatic carbocycles. The predicted molar refractivity (Wildman–Crippen MR) is 102 cm³/mol. The third kappa shape index (κ3) is 4.26. The van der Waals surface area contributed by atoms with E-state index in [9.17, 15) is 0 Å². The van der Waals surface area contributed by atoms with Crippen LogP contribution in [0, 0.1) is 0 Å². The number of anilines is 4. The van der Waals surface area contributed by atoms with E-state index in [4.69, 9.17) is 4.74 Å². The van der Waals surface area contributed by atoms with Gasteiger partial charge >= 0.3 is 0 Å². The first-order valence-electron chi connectivity index (χ1n) is 8.28. The first-order valence-corrected chi connectivity index (χ1v) is 8.28. The van der Waals surface area contributed by atoms with Crippen molar-refractivity contribution in [1.29, 1.82) is 0 Å². The fraction of sp³-hybridized carbons (Fsp3) is 0.200. The highest BCUT2D eigenvalue weighted by atomic mass is 16.5. The van der Waals surface area contributed by atoms with Gasteiger partial charge in [-0.2, -0.15) is 4.98 Å². The topological polar surface area (TPSA) is 50.3 Å². The summed E-state index contributed by atoms with van der Waals surface area (Å²) < 4.78 is 5.85. The van der Waals surface area contributed by atoms with Crippen molar-refractivity contribution in [3.8, 4) is 5.75 Å². The Labute approximate surface area is 148 Å². The standard InChI is InChI=1S/C20H22N4O/c1-15(2)25-18-12-8-7-11-17(18)22-19-13-14-21-20(23-19)24(3)16-9-5-4-6-10-16/h4-15H,1-3H3,(H,21,22,23). The van der Waals surface area contributed by atoms with Crippen molar-refractivity contribution in [3.63, 3.8) is 0 Å². The Morgan fingerprint density at radius 3 is 2.44 bits per heavy atom. The minimum Gasteiger partial charge on any atom is -0.489 e. The minimum absolute atomic E-state index is 0.105. The summed E-state index contributed by atoms with van der Waals surface area (Å²) in [6.07, 6.45) is 1.85. The van der Waals surface area contributed by atoms with Gasteiger partial charge in [-0.3, -0.25) is 0 Å². The van der Waals surface area contributed by atoms with Crippen LogP contribution in [-0.4, -0.2) is 23.1 Å². The number of ether oxygens (including phenoxy) is 1. The number of hydrogen-bond acceptors (Lipinski definition) is 5. The molecule has 0 aliphatic carbocycles. The van der Waals surface area contributed by atoms with Crippen LogP contribution in [0.15, 0.2) is 66.9 Å². The van der Waals surface area contributed by atoms with Gasteiger partial charge in [-0.05, 0) is 44.2 Å². The third-order valence-electron chi connectivity index (χ3n) is 3.60. The van der Waals surface area contributed by atoms with Crippen LogP contribution in [0.1, 0.15) is 13.8 Å². The summed E-state index contributed by atoms with van der Waals surface area (Å²) in [4.78, 5) is 10.9. The molecule has 1 aromatic heterocycles. The van der Waals surface area contributed by atoms with Gasteiger partial charge in [0.2, 0.25) is 5.95 Å². The Morgan fingerprint density at radius 1 is 0.960 bits per heavy atom. The molecule has 0 aliphatic rings. The molecule has 0 atom stereocenters. The van der Waals surface area contributed by atoms with E-state index in [2.05, 4.69) is 15.3 Å². The molecule has 1 N–H and O–H groups in total. The van der Waals surface area contributed by atoms with E-state index in [0.29, 0.717) is 11.8 Å². The number of rotatable bonds is 6. The van der Waals surface area contributed by atoms with Crippen LogP contribution in [0.5, 0.6) is 5.75 Å². The second-order valence-electron chi connectivity index (χ2n) is 5.92. The maximum Gasteiger partial charge on any atom is 0.231 e. The van der Waals surface area contributed by atoms with Gasteiger partial charge in [0.1, 0.15) is 11.6 Å². The van der Waals surface area contributed by atoms with Crippen molar-refractivity contribution in [2.45, 2.75) is 20.0 Å². The Hall–Kier alpha value is -3.08. The Balaban J connectivity index is 1.83. The van der Waals surface area contributed by atoms with E-state index < -0.39 is 0 Å². The second kappa shape index (κ2) is 7.66. The molecule has 25 heavy (non-hydrogen) atoms. The van der Waals surface area contributed by atoms with E-state index in [0.717, 1.165) is 17.1 Å². The van der Waals surface area contributed by atoms with Crippen LogP contribution < -0.4 is 15.0 Å². The lowest BCUT2D eigenvalue weighted by Crippen LogP contribution is -2.13. The lowest BCUT2D eigenvalue weighted by atomic mass is 10.3. The van der Waals surface area contributed by atoms with Crippen molar-refractivity contribution >= 4 is 23.1 Å². The normalized spacial score (nSPS) is 10.6. The lowest BCUT2D eigenvalue weighted by molar-refractivity contribution is 0.244. The molecule has 0 aliphatic heterocycles. The summed E-state index contributed by atoms with van der Waals surface area (Å²) in [6, 6.07) is 19.7. The van der Waals surface area contributed by atoms with E-state index in [1.807, 2.05) is 86.5 Å². The van der Waals surface area contributed by atoms with E-state index in [1.54, 1.807) is 6.20 Å². The molecule has 128 valence electrons. The van der Waals surface area contributed by atoms with E-state index in [1.165, 1.54) is 0 Å². The average molecular weight is 334 g/mol. The van der Waals surface area contributed by atoms with Gasteiger partial charge in [0.15, 0.2) is 0 Å². The molecule has 1 heterocycles. The van der Waals surface area contributed by atoms with Gasteiger partial charge < -0.3 is 15.0 Å². The zero-order chi connectivity index (χ0) is 17.6. The average Bonchev–Trinajstić information content (AvgIpc) is 2.63. The monoisotopic (exact) mass is 334 g/mol. The van der Waals surface area contributed by atoms with Crippen molar-refractivity contribution in [3.05, 3.63) is 66.9 Å². The smallest absolute Gasteiger partial charge is 0.231 e. The summed E-state index contributed by atoms with van der Waals surface area (Å²) in [6.45, 7) is 4.02. The highest BCUT2D eigenvalue weighted by Crippen LogP contribution is 2.28. The van der Waals surface area contributed by atoms with Crippen LogP contribution in [-0.2, 0) is 0 Å². The molecule has 3 rings (SSSR count). The fourth-order valence-electron chi connectivity index (χ4n) is 2.41. The van der Waals surface area contributed by atoms with Crippen LogP contribution in [0.3, 0.4) is 0 Å². The van der Waals surface area contributed by atoms with Crippen molar-refractivity contribution < 1.29 is 4.74 Å².